The summed E-state index contributed by atoms with van der Waals surface area (Å²) in [6.07, 6.45) is 3.15. The van der Waals surface area contributed by atoms with Crippen LogP contribution in [0.4, 0.5) is 8.78 Å². The quantitative estimate of drug-likeness (QED) is 0.721. The molecule has 1 unspecified atom stereocenters. The van der Waals surface area contributed by atoms with Crippen molar-refractivity contribution < 1.29 is 13.6 Å². The predicted octanol–water partition coefficient (Wildman–Crippen LogP) is 2.75. The Hall–Kier alpha value is -1.49. The van der Waals surface area contributed by atoms with E-state index in [1.54, 1.807) is 6.92 Å². The molecule has 5 heteroatoms. The van der Waals surface area contributed by atoms with Gasteiger partial charge in [-0.15, -0.1) is 0 Å². The Morgan fingerprint density at radius 1 is 1.30 bits per heavy atom. The van der Waals surface area contributed by atoms with Gasteiger partial charge < -0.3 is 10.6 Å². The Balaban J connectivity index is 2.34. The van der Waals surface area contributed by atoms with Gasteiger partial charge in [-0.25, -0.2) is 8.78 Å². The van der Waals surface area contributed by atoms with Crippen LogP contribution in [0.1, 0.15) is 38.7 Å². The minimum absolute atomic E-state index is 0.108. The van der Waals surface area contributed by atoms with Crippen molar-refractivity contribution in [3.05, 3.63) is 35.4 Å². The number of carbonyl (C=O) groups is 1. The van der Waals surface area contributed by atoms with E-state index in [9.17, 15) is 13.6 Å². The zero-order valence-electron chi connectivity index (χ0n) is 12.0. The van der Waals surface area contributed by atoms with E-state index in [-0.39, 0.29) is 12.5 Å². The highest BCUT2D eigenvalue weighted by Crippen LogP contribution is 2.09. The number of unbranched alkanes of at least 4 members (excludes halogenated alkanes) is 2. The molecule has 1 rings (SSSR count). The molecule has 3 nitrogen and oxygen atoms in total. The summed E-state index contributed by atoms with van der Waals surface area (Å²) in [5.74, 6) is -1.32. The summed E-state index contributed by atoms with van der Waals surface area (Å²) in [4.78, 5) is 11.7. The van der Waals surface area contributed by atoms with Gasteiger partial charge in [0.2, 0.25) is 5.91 Å². The third-order valence-electron chi connectivity index (χ3n) is 3.09. The maximum absolute atomic E-state index is 13.4. The van der Waals surface area contributed by atoms with E-state index in [1.165, 1.54) is 12.1 Å². The lowest BCUT2D eigenvalue weighted by atomic mass is 10.2. The third-order valence-corrected chi connectivity index (χ3v) is 3.09. The number of carbonyl (C=O) groups excluding carboxylic acids is 1. The van der Waals surface area contributed by atoms with Crippen molar-refractivity contribution in [2.45, 2.75) is 45.7 Å². The number of hydrogen-bond donors (Lipinski definition) is 2. The minimum atomic E-state index is -0.604. The first-order valence-corrected chi connectivity index (χ1v) is 6.99. The fourth-order valence-corrected chi connectivity index (χ4v) is 1.76. The van der Waals surface area contributed by atoms with Gasteiger partial charge in [0.1, 0.15) is 11.6 Å². The molecule has 1 aromatic rings. The molecule has 0 bridgehead atoms. The highest BCUT2D eigenvalue weighted by Gasteiger charge is 2.12. The molecular weight excluding hydrogens is 262 g/mol. The van der Waals surface area contributed by atoms with Crippen molar-refractivity contribution in [1.29, 1.82) is 0 Å². The Kier molecular flexibility index (Phi) is 7.15. The average Bonchev–Trinajstić information content (AvgIpc) is 2.42. The van der Waals surface area contributed by atoms with Crippen LogP contribution in [0.3, 0.4) is 0 Å². The molecule has 0 saturated carbocycles. The van der Waals surface area contributed by atoms with Crippen molar-refractivity contribution in [3.63, 3.8) is 0 Å². The Bertz CT molecular complexity index is 438. The summed E-state index contributed by atoms with van der Waals surface area (Å²) in [6.45, 7) is 4.67. The van der Waals surface area contributed by atoms with E-state index < -0.39 is 17.7 Å². The number of hydrogen-bond acceptors (Lipinski definition) is 2. The Morgan fingerprint density at radius 3 is 2.70 bits per heavy atom. The lowest BCUT2D eigenvalue weighted by Gasteiger charge is -2.14. The lowest BCUT2D eigenvalue weighted by Crippen LogP contribution is -2.42. The predicted molar refractivity (Wildman–Crippen MR) is 75.2 cm³/mol. The van der Waals surface area contributed by atoms with Crippen LogP contribution in [0.15, 0.2) is 18.2 Å². The second-order valence-electron chi connectivity index (χ2n) is 4.84. The number of amides is 1. The summed E-state index contributed by atoms with van der Waals surface area (Å²) in [5.41, 5.74) is 0.344. The summed E-state index contributed by atoms with van der Waals surface area (Å²) < 4.78 is 26.2. The Labute approximate surface area is 118 Å². The molecule has 1 aromatic carbocycles. The smallest absolute Gasteiger partial charge is 0.236 e. The summed E-state index contributed by atoms with van der Waals surface area (Å²) >= 11 is 0. The summed E-state index contributed by atoms with van der Waals surface area (Å²) in [6, 6.07) is 3.01. The van der Waals surface area contributed by atoms with E-state index >= 15 is 0 Å². The first-order chi connectivity index (χ1) is 9.54. The van der Waals surface area contributed by atoms with Gasteiger partial charge >= 0.3 is 0 Å². The highest BCUT2D eigenvalue weighted by atomic mass is 19.1. The van der Waals surface area contributed by atoms with Gasteiger partial charge in [0, 0.05) is 24.7 Å². The number of rotatable bonds is 8. The van der Waals surface area contributed by atoms with Crippen LogP contribution in [-0.4, -0.2) is 18.5 Å². The van der Waals surface area contributed by atoms with Crippen LogP contribution in [-0.2, 0) is 11.3 Å². The molecule has 0 aromatic heterocycles. The molecule has 0 spiro atoms. The fourth-order valence-electron chi connectivity index (χ4n) is 1.76. The van der Waals surface area contributed by atoms with Gasteiger partial charge in [-0.05, 0) is 19.4 Å². The van der Waals surface area contributed by atoms with Gasteiger partial charge in [-0.2, -0.15) is 0 Å². The van der Waals surface area contributed by atoms with Gasteiger partial charge in [0.25, 0.3) is 0 Å². The highest BCUT2D eigenvalue weighted by molar-refractivity contribution is 5.81. The van der Waals surface area contributed by atoms with Crippen molar-refractivity contribution in [3.8, 4) is 0 Å². The first kappa shape index (κ1) is 16.6. The van der Waals surface area contributed by atoms with Gasteiger partial charge in [-0.3, -0.25) is 4.79 Å². The second-order valence-corrected chi connectivity index (χ2v) is 4.84. The van der Waals surface area contributed by atoms with Crippen LogP contribution >= 0.6 is 0 Å². The molecule has 0 radical (unpaired) electrons. The minimum Gasteiger partial charge on any atom is -0.355 e. The van der Waals surface area contributed by atoms with Gasteiger partial charge in [-0.1, -0.05) is 25.8 Å². The molecule has 0 aliphatic rings. The zero-order chi connectivity index (χ0) is 15.0. The SMILES string of the molecule is CCCCCNC(=O)C(C)NCc1ccc(F)cc1F. The molecule has 0 aliphatic carbocycles. The topological polar surface area (TPSA) is 41.1 Å². The largest absolute Gasteiger partial charge is 0.355 e. The Morgan fingerprint density at radius 2 is 2.05 bits per heavy atom. The molecular formula is C15H22F2N2O. The normalized spacial score (nSPS) is 12.2. The average molecular weight is 284 g/mol. The molecule has 0 heterocycles. The van der Waals surface area contributed by atoms with Crippen LogP contribution in [0.2, 0.25) is 0 Å². The third kappa shape index (κ3) is 5.65. The molecule has 2 N–H and O–H groups in total. The maximum atomic E-state index is 13.4. The summed E-state index contributed by atoms with van der Waals surface area (Å²) in [7, 11) is 0. The monoisotopic (exact) mass is 284 g/mol. The molecule has 0 aliphatic heterocycles. The van der Waals surface area contributed by atoms with Crippen molar-refractivity contribution >= 4 is 5.91 Å². The van der Waals surface area contributed by atoms with E-state index in [0.717, 1.165) is 25.3 Å². The molecule has 1 atom stereocenters. The number of benzene rings is 1. The molecule has 1 amide bonds. The van der Waals surface area contributed by atoms with Crippen LogP contribution < -0.4 is 10.6 Å². The maximum Gasteiger partial charge on any atom is 0.236 e. The zero-order valence-corrected chi connectivity index (χ0v) is 12.0. The summed E-state index contributed by atoms with van der Waals surface area (Å²) in [5, 5.41) is 5.75. The molecule has 112 valence electrons. The standard InChI is InChI=1S/C15H22F2N2O/c1-3-4-5-8-18-15(20)11(2)19-10-12-6-7-13(16)9-14(12)17/h6-7,9,11,19H,3-5,8,10H2,1-2H3,(H,18,20). The number of nitrogens with one attached hydrogen (secondary N) is 2. The molecule has 20 heavy (non-hydrogen) atoms. The lowest BCUT2D eigenvalue weighted by molar-refractivity contribution is -0.122. The van der Waals surface area contributed by atoms with Crippen molar-refractivity contribution in [2.24, 2.45) is 0 Å². The first-order valence-electron chi connectivity index (χ1n) is 6.99. The van der Waals surface area contributed by atoms with E-state index in [0.29, 0.717) is 12.1 Å². The van der Waals surface area contributed by atoms with Crippen molar-refractivity contribution in [1.82, 2.24) is 10.6 Å². The van der Waals surface area contributed by atoms with Gasteiger partial charge in [0.05, 0.1) is 6.04 Å². The van der Waals surface area contributed by atoms with Gasteiger partial charge in [0.15, 0.2) is 0 Å². The van der Waals surface area contributed by atoms with Crippen molar-refractivity contribution in [2.75, 3.05) is 6.54 Å². The fraction of sp³-hybridized carbons (Fsp3) is 0.533. The molecule has 0 saturated heterocycles. The van der Waals surface area contributed by atoms with Crippen LogP contribution in [0, 0.1) is 11.6 Å². The number of halogens is 2. The van der Waals surface area contributed by atoms with Crippen LogP contribution in [0.5, 0.6) is 0 Å². The van der Waals surface area contributed by atoms with E-state index in [2.05, 4.69) is 17.6 Å². The van der Waals surface area contributed by atoms with E-state index in [4.69, 9.17) is 0 Å². The van der Waals surface area contributed by atoms with E-state index in [1.807, 2.05) is 0 Å². The second kappa shape index (κ2) is 8.64. The molecule has 0 fully saturated rings. The van der Waals surface area contributed by atoms with Crippen LogP contribution in [0.25, 0.3) is 0 Å².